The molecule has 0 aliphatic carbocycles. The molecule has 0 aromatic heterocycles. The maximum atomic E-state index is 12.9. The Labute approximate surface area is 148 Å². The van der Waals surface area contributed by atoms with E-state index in [9.17, 15) is 9.18 Å². The van der Waals surface area contributed by atoms with E-state index in [1.165, 1.54) is 42.5 Å². The zero-order valence-electron chi connectivity index (χ0n) is 14.5. The van der Waals surface area contributed by atoms with Gasteiger partial charge in [0.15, 0.2) is 0 Å². The molecule has 0 unspecified atom stereocenters. The number of carbonyl (C=O) groups excluding carboxylic acids is 1. The van der Waals surface area contributed by atoms with Crippen molar-refractivity contribution >= 4 is 5.91 Å². The summed E-state index contributed by atoms with van der Waals surface area (Å²) in [5, 5.41) is 2.99. The summed E-state index contributed by atoms with van der Waals surface area (Å²) in [6.45, 7) is 3.80. The molecule has 2 aromatic rings. The third-order valence-corrected chi connectivity index (χ3v) is 4.71. The maximum absolute atomic E-state index is 12.9. The summed E-state index contributed by atoms with van der Waals surface area (Å²) >= 11 is 0. The van der Waals surface area contributed by atoms with Crippen LogP contribution in [-0.4, -0.2) is 23.9 Å². The predicted octanol–water partition coefficient (Wildman–Crippen LogP) is 3.67. The van der Waals surface area contributed by atoms with Crippen molar-refractivity contribution in [3.05, 3.63) is 71.0 Å². The van der Waals surface area contributed by atoms with Gasteiger partial charge in [-0.15, -0.1) is 0 Å². The maximum Gasteiger partial charge on any atom is 0.224 e. The second kappa shape index (κ2) is 8.77. The zero-order valence-corrected chi connectivity index (χ0v) is 14.5. The van der Waals surface area contributed by atoms with Crippen molar-refractivity contribution in [2.75, 3.05) is 13.1 Å². The number of nitrogens with one attached hydrogen (secondary N) is 1. The van der Waals surface area contributed by atoms with Crippen LogP contribution in [0.2, 0.25) is 0 Å². The average Bonchev–Trinajstić information content (AvgIpc) is 2.64. The number of halogens is 1. The molecule has 1 aliphatic heterocycles. The normalized spacial score (nSPS) is 15.1. The summed E-state index contributed by atoms with van der Waals surface area (Å²) in [5.74, 6) is -0.324. The molecule has 0 atom stereocenters. The summed E-state index contributed by atoms with van der Waals surface area (Å²) in [6, 6.07) is 14.4. The quantitative estimate of drug-likeness (QED) is 0.870. The number of hydrogen-bond donors (Lipinski definition) is 1. The van der Waals surface area contributed by atoms with Gasteiger partial charge in [-0.1, -0.05) is 42.8 Å². The van der Waals surface area contributed by atoms with Crippen molar-refractivity contribution in [1.29, 1.82) is 0 Å². The Kier molecular flexibility index (Phi) is 6.18. The van der Waals surface area contributed by atoms with Gasteiger partial charge in [0.05, 0.1) is 6.42 Å². The van der Waals surface area contributed by atoms with Gasteiger partial charge in [-0.05, 0) is 54.8 Å². The highest BCUT2D eigenvalue weighted by molar-refractivity contribution is 5.78. The summed E-state index contributed by atoms with van der Waals surface area (Å²) in [6.07, 6.45) is 4.15. The summed E-state index contributed by atoms with van der Waals surface area (Å²) < 4.78 is 12.9. The highest BCUT2D eigenvalue weighted by atomic mass is 19.1. The van der Waals surface area contributed by atoms with Crippen LogP contribution in [0.3, 0.4) is 0 Å². The van der Waals surface area contributed by atoms with Crippen molar-refractivity contribution in [3.8, 4) is 0 Å². The molecular weight excluding hydrogens is 315 g/mol. The van der Waals surface area contributed by atoms with E-state index >= 15 is 0 Å². The molecule has 1 saturated heterocycles. The molecule has 0 radical (unpaired) electrons. The van der Waals surface area contributed by atoms with Gasteiger partial charge < -0.3 is 5.32 Å². The lowest BCUT2D eigenvalue weighted by Crippen LogP contribution is -2.30. The Balaban J connectivity index is 1.55. The van der Waals surface area contributed by atoms with Gasteiger partial charge in [-0.3, -0.25) is 9.69 Å². The predicted molar refractivity (Wildman–Crippen MR) is 97.5 cm³/mol. The summed E-state index contributed by atoms with van der Waals surface area (Å²) in [7, 11) is 0. The van der Waals surface area contributed by atoms with Crippen molar-refractivity contribution < 1.29 is 9.18 Å². The summed E-state index contributed by atoms with van der Waals surface area (Å²) in [5.41, 5.74) is 3.27. The number of benzene rings is 2. The molecule has 3 nitrogen and oxygen atoms in total. The van der Waals surface area contributed by atoms with Gasteiger partial charge in [0, 0.05) is 13.1 Å². The molecule has 1 amide bonds. The minimum atomic E-state index is -0.282. The van der Waals surface area contributed by atoms with Crippen molar-refractivity contribution in [3.63, 3.8) is 0 Å². The van der Waals surface area contributed by atoms with Crippen LogP contribution in [0, 0.1) is 5.82 Å². The molecule has 1 fully saturated rings. The minimum absolute atomic E-state index is 0.0422. The third-order valence-electron chi connectivity index (χ3n) is 4.71. The van der Waals surface area contributed by atoms with Crippen molar-refractivity contribution in [2.45, 2.75) is 38.8 Å². The van der Waals surface area contributed by atoms with Crippen LogP contribution < -0.4 is 5.32 Å². The van der Waals surface area contributed by atoms with E-state index < -0.39 is 0 Å². The topological polar surface area (TPSA) is 32.3 Å². The largest absolute Gasteiger partial charge is 0.352 e. The lowest BCUT2D eigenvalue weighted by Gasteiger charge is -2.27. The average molecular weight is 340 g/mol. The van der Waals surface area contributed by atoms with Gasteiger partial charge in [-0.2, -0.15) is 0 Å². The van der Waals surface area contributed by atoms with Crippen molar-refractivity contribution in [1.82, 2.24) is 10.2 Å². The number of hydrogen-bond acceptors (Lipinski definition) is 2. The zero-order chi connectivity index (χ0) is 17.5. The lowest BCUT2D eigenvalue weighted by atomic mass is 10.0. The highest BCUT2D eigenvalue weighted by Gasteiger charge is 2.13. The first-order valence-corrected chi connectivity index (χ1v) is 9.01. The van der Waals surface area contributed by atoms with Crippen LogP contribution in [0.15, 0.2) is 48.5 Å². The number of amides is 1. The van der Waals surface area contributed by atoms with E-state index in [4.69, 9.17) is 0 Å². The van der Waals surface area contributed by atoms with Gasteiger partial charge in [0.1, 0.15) is 5.82 Å². The molecule has 1 N–H and O–H groups in total. The number of rotatable bonds is 6. The Morgan fingerprint density at radius 3 is 2.36 bits per heavy atom. The standard InChI is InChI=1S/C21H25FN2O/c22-20-10-8-17(9-11-20)14-21(25)23-15-18-6-2-3-7-19(18)16-24-12-4-1-5-13-24/h2-3,6-11H,1,4-5,12-16H2,(H,23,25). The van der Waals surface area contributed by atoms with Crippen LogP contribution in [0.5, 0.6) is 0 Å². The number of piperidine rings is 1. The molecule has 132 valence electrons. The van der Waals surface area contributed by atoms with Gasteiger partial charge in [0.25, 0.3) is 0 Å². The van der Waals surface area contributed by atoms with E-state index in [0.717, 1.165) is 25.2 Å². The van der Waals surface area contributed by atoms with Gasteiger partial charge in [-0.25, -0.2) is 4.39 Å². The van der Waals surface area contributed by atoms with Gasteiger partial charge >= 0.3 is 0 Å². The Bertz CT molecular complexity index is 693. The van der Waals surface area contributed by atoms with Crippen LogP contribution in [0.1, 0.15) is 36.0 Å². The van der Waals surface area contributed by atoms with Crippen molar-refractivity contribution in [2.24, 2.45) is 0 Å². The number of carbonyl (C=O) groups is 1. The smallest absolute Gasteiger partial charge is 0.224 e. The fraction of sp³-hybridized carbons (Fsp3) is 0.381. The number of nitrogens with zero attached hydrogens (tertiary/aromatic N) is 1. The fourth-order valence-corrected chi connectivity index (χ4v) is 3.29. The molecule has 3 rings (SSSR count). The van der Waals surface area contributed by atoms with Crippen LogP contribution in [-0.2, 0) is 24.3 Å². The highest BCUT2D eigenvalue weighted by Crippen LogP contribution is 2.16. The van der Waals surface area contributed by atoms with E-state index in [0.29, 0.717) is 6.54 Å². The molecule has 0 saturated carbocycles. The first kappa shape index (κ1) is 17.6. The Morgan fingerprint density at radius 1 is 0.960 bits per heavy atom. The van der Waals surface area contributed by atoms with E-state index in [-0.39, 0.29) is 18.1 Å². The molecule has 25 heavy (non-hydrogen) atoms. The molecular formula is C21H25FN2O. The first-order valence-electron chi connectivity index (χ1n) is 9.01. The van der Waals surface area contributed by atoms with Crippen LogP contribution in [0.25, 0.3) is 0 Å². The third kappa shape index (κ3) is 5.40. The molecule has 4 heteroatoms. The Hall–Kier alpha value is -2.20. The molecule has 1 heterocycles. The molecule has 0 spiro atoms. The van der Waals surface area contributed by atoms with Gasteiger partial charge in [0.2, 0.25) is 5.91 Å². The molecule has 2 aromatic carbocycles. The fourth-order valence-electron chi connectivity index (χ4n) is 3.29. The van der Waals surface area contributed by atoms with Crippen LogP contribution in [0.4, 0.5) is 4.39 Å². The SMILES string of the molecule is O=C(Cc1ccc(F)cc1)NCc1ccccc1CN1CCCCC1. The van der Waals surface area contributed by atoms with E-state index in [2.05, 4.69) is 28.4 Å². The second-order valence-corrected chi connectivity index (χ2v) is 6.69. The first-order chi connectivity index (χ1) is 12.2. The Morgan fingerprint density at radius 2 is 1.64 bits per heavy atom. The second-order valence-electron chi connectivity index (χ2n) is 6.69. The van der Waals surface area contributed by atoms with E-state index in [1.807, 2.05) is 6.07 Å². The monoisotopic (exact) mass is 340 g/mol. The number of likely N-dealkylation sites (tertiary alicyclic amines) is 1. The lowest BCUT2D eigenvalue weighted by molar-refractivity contribution is -0.120. The van der Waals surface area contributed by atoms with Crippen LogP contribution >= 0.6 is 0 Å². The molecule has 0 bridgehead atoms. The molecule has 1 aliphatic rings. The summed E-state index contributed by atoms with van der Waals surface area (Å²) in [4.78, 5) is 14.6. The minimum Gasteiger partial charge on any atom is -0.352 e. The van der Waals surface area contributed by atoms with E-state index in [1.54, 1.807) is 12.1 Å².